The van der Waals surface area contributed by atoms with Crippen LogP contribution in [0.4, 0.5) is 0 Å². The number of nitrogens with zero attached hydrogens (tertiary/aromatic N) is 2. The number of aromatic nitrogens is 3. The molecule has 1 aromatic heterocycles. The second kappa shape index (κ2) is 10.0. The zero-order valence-electron chi connectivity index (χ0n) is 15.1. The number of hydrogen-bond acceptors (Lipinski definition) is 6. The molecule has 0 radical (unpaired) electrons. The van der Waals surface area contributed by atoms with Gasteiger partial charge in [0.2, 0.25) is 11.1 Å². The van der Waals surface area contributed by atoms with Crippen LogP contribution >= 0.6 is 23.4 Å². The van der Waals surface area contributed by atoms with Crippen LogP contribution in [0.25, 0.3) is 11.4 Å². The van der Waals surface area contributed by atoms with Crippen molar-refractivity contribution in [2.45, 2.75) is 5.16 Å². The van der Waals surface area contributed by atoms with Gasteiger partial charge in [-0.15, -0.1) is 5.10 Å². The van der Waals surface area contributed by atoms with Crippen LogP contribution in [0.3, 0.4) is 0 Å². The van der Waals surface area contributed by atoms with Crippen molar-refractivity contribution >= 4 is 29.3 Å². The summed E-state index contributed by atoms with van der Waals surface area (Å²) in [5.74, 6) is 2.23. The van der Waals surface area contributed by atoms with Crippen LogP contribution in [0.1, 0.15) is 0 Å². The molecule has 9 heteroatoms. The first kappa shape index (κ1) is 20.0. The number of halogens is 1. The lowest BCUT2D eigenvalue weighted by Crippen LogP contribution is -2.29. The smallest absolute Gasteiger partial charge is 0.230 e. The van der Waals surface area contributed by atoms with E-state index in [1.807, 2.05) is 24.3 Å². The zero-order valence-corrected chi connectivity index (χ0v) is 16.7. The Labute approximate surface area is 171 Å². The number of aromatic amines is 1. The van der Waals surface area contributed by atoms with Crippen molar-refractivity contribution in [3.63, 3.8) is 0 Å². The van der Waals surface area contributed by atoms with E-state index in [-0.39, 0.29) is 11.7 Å². The first-order valence-corrected chi connectivity index (χ1v) is 9.85. The molecule has 1 heterocycles. The lowest BCUT2D eigenvalue weighted by molar-refractivity contribution is -0.118. The number of rotatable bonds is 9. The molecule has 0 aliphatic rings. The standard InChI is InChI=1S/C19H19ClN4O3S/c1-26-15-6-2-13(3-7-15)18-22-19(24-23-18)28-12-17(25)21-10-11-27-16-8-4-14(20)5-9-16/h2-9H,10-12H2,1H3,(H,21,25)(H,22,23,24). The summed E-state index contributed by atoms with van der Waals surface area (Å²) in [6, 6.07) is 14.6. The normalized spacial score (nSPS) is 10.5. The number of methoxy groups -OCH3 is 1. The molecule has 0 saturated carbocycles. The van der Waals surface area contributed by atoms with Crippen LogP contribution < -0.4 is 14.8 Å². The summed E-state index contributed by atoms with van der Waals surface area (Å²) < 4.78 is 10.7. The lowest BCUT2D eigenvalue weighted by Gasteiger charge is -2.07. The topological polar surface area (TPSA) is 89.1 Å². The van der Waals surface area contributed by atoms with E-state index >= 15 is 0 Å². The molecule has 0 bridgehead atoms. The molecule has 0 atom stereocenters. The number of amides is 1. The Morgan fingerprint density at radius 2 is 1.86 bits per heavy atom. The van der Waals surface area contributed by atoms with Crippen molar-refractivity contribution < 1.29 is 14.3 Å². The van der Waals surface area contributed by atoms with Crippen molar-refractivity contribution in [3.05, 3.63) is 53.6 Å². The van der Waals surface area contributed by atoms with Crippen LogP contribution in [0.5, 0.6) is 11.5 Å². The summed E-state index contributed by atoms with van der Waals surface area (Å²) in [4.78, 5) is 16.3. The monoisotopic (exact) mass is 418 g/mol. The predicted molar refractivity (Wildman–Crippen MR) is 109 cm³/mol. The van der Waals surface area contributed by atoms with Gasteiger partial charge in [-0.25, -0.2) is 4.98 Å². The fourth-order valence-corrected chi connectivity index (χ4v) is 3.01. The largest absolute Gasteiger partial charge is 0.497 e. The Morgan fingerprint density at radius 1 is 1.14 bits per heavy atom. The highest BCUT2D eigenvalue weighted by Crippen LogP contribution is 2.21. The molecule has 0 aliphatic carbocycles. The second-order valence-electron chi connectivity index (χ2n) is 5.64. The first-order chi connectivity index (χ1) is 13.6. The van der Waals surface area contributed by atoms with Crippen LogP contribution in [0.15, 0.2) is 53.7 Å². The highest BCUT2D eigenvalue weighted by Gasteiger charge is 2.09. The fraction of sp³-hybridized carbons (Fsp3) is 0.211. The average molecular weight is 419 g/mol. The van der Waals surface area contributed by atoms with Crippen molar-refractivity contribution in [2.75, 3.05) is 26.0 Å². The Hall–Kier alpha value is -2.71. The number of nitrogens with one attached hydrogen (secondary N) is 2. The Balaban J connectivity index is 1.38. The Morgan fingerprint density at radius 3 is 2.57 bits per heavy atom. The minimum Gasteiger partial charge on any atom is -0.497 e. The highest BCUT2D eigenvalue weighted by molar-refractivity contribution is 7.99. The molecule has 1 amide bonds. The van der Waals surface area contributed by atoms with Crippen LogP contribution in [-0.2, 0) is 4.79 Å². The molecule has 3 rings (SSSR count). The van der Waals surface area contributed by atoms with E-state index < -0.39 is 0 Å². The zero-order chi connectivity index (χ0) is 19.8. The van der Waals surface area contributed by atoms with Gasteiger partial charge in [-0.1, -0.05) is 23.4 Å². The quantitative estimate of drug-likeness (QED) is 0.409. The van der Waals surface area contributed by atoms with Gasteiger partial charge in [0.05, 0.1) is 19.4 Å². The van der Waals surface area contributed by atoms with Crippen molar-refractivity contribution in [2.24, 2.45) is 0 Å². The Bertz CT molecular complexity index is 900. The second-order valence-corrected chi connectivity index (χ2v) is 7.02. The molecular formula is C19H19ClN4O3S. The molecule has 2 N–H and O–H groups in total. The molecule has 2 aromatic carbocycles. The molecule has 0 aliphatic heterocycles. The Kier molecular flexibility index (Phi) is 7.16. The van der Waals surface area contributed by atoms with Gasteiger partial charge in [0.25, 0.3) is 0 Å². The number of benzene rings is 2. The number of H-pyrrole nitrogens is 1. The molecule has 0 fully saturated rings. The summed E-state index contributed by atoms with van der Waals surface area (Å²) in [6.45, 7) is 0.785. The van der Waals surface area contributed by atoms with Gasteiger partial charge in [0, 0.05) is 10.6 Å². The van der Waals surface area contributed by atoms with E-state index in [1.54, 1.807) is 31.4 Å². The molecule has 7 nitrogen and oxygen atoms in total. The molecular weight excluding hydrogens is 400 g/mol. The van der Waals surface area contributed by atoms with Gasteiger partial charge in [0.1, 0.15) is 18.1 Å². The maximum absolute atomic E-state index is 11.9. The third-order valence-corrected chi connectivity index (χ3v) is 4.77. The highest BCUT2D eigenvalue weighted by atomic mass is 35.5. The number of thioether (sulfide) groups is 1. The van der Waals surface area contributed by atoms with E-state index in [2.05, 4.69) is 20.5 Å². The van der Waals surface area contributed by atoms with Crippen LogP contribution in [0, 0.1) is 0 Å². The van der Waals surface area contributed by atoms with E-state index in [0.717, 1.165) is 11.3 Å². The number of carbonyl (C=O) groups is 1. The molecule has 3 aromatic rings. The molecule has 28 heavy (non-hydrogen) atoms. The van der Waals surface area contributed by atoms with Gasteiger partial charge >= 0.3 is 0 Å². The molecule has 0 spiro atoms. The predicted octanol–water partition coefficient (Wildman–Crippen LogP) is 3.42. The maximum Gasteiger partial charge on any atom is 0.230 e. The van der Waals surface area contributed by atoms with Crippen LogP contribution in [-0.4, -0.2) is 47.1 Å². The van der Waals surface area contributed by atoms with Gasteiger partial charge < -0.3 is 14.8 Å². The van der Waals surface area contributed by atoms with E-state index in [0.29, 0.717) is 34.9 Å². The number of ether oxygens (including phenoxy) is 2. The van der Waals surface area contributed by atoms with E-state index in [1.165, 1.54) is 11.8 Å². The summed E-state index contributed by atoms with van der Waals surface area (Å²) in [5, 5.41) is 11.0. The van der Waals surface area contributed by atoms with Crippen LogP contribution in [0.2, 0.25) is 5.02 Å². The minimum atomic E-state index is -0.111. The SMILES string of the molecule is COc1ccc(-c2nc(SCC(=O)NCCOc3ccc(Cl)cc3)n[nH]2)cc1. The third-order valence-electron chi connectivity index (χ3n) is 3.67. The minimum absolute atomic E-state index is 0.111. The third kappa shape index (κ3) is 5.90. The number of hydrogen-bond donors (Lipinski definition) is 2. The van der Waals surface area contributed by atoms with Gasteiger partial charge in [-0.3, -0.25) is 9.89 Å². The maximum atomic E-state index is 11.9. The molecule has 146 valence electrons. The van der Waals surface area contributed by atoms with E-state index in [4.69, 9.17) is 21.1 Å². The average Bonchev–Trinajstić information content (AvgIpc) is 3.20. The molecule has 0 unspecified atom stereocenters. The first-order valence-electron chi connectivity index (χ1n) is 8.49. The summed E-state index contributed by atoms with van der Waals surface area (Å²) in [5.41, 5.74) is 0.893. The summed E-state index contributed by atoms with van der Waals surface area (Å²) in [7, 11) is 1.62. The van der Waals surface area contributed by atoms with Crippen molar-refractivity contribution in [1.82, 2.24) is 20.5 Å². The van der Waals surface area contributed by atoms with Gasteiger partial charge in [0.15, 0.2) is 5.82 Å². The van der Waals surface area contributed by atoms with Gasteiger partial charge in [-0.05, 0) is 48.5 Å². The van der Waals surface area contributed by atoms with Gasteiger partial charge in [-0.2, -0.15) is 0 Å². The lowest BCUT2D eigenvalue weighted by atomic mass is 10.2. The number of carbonyl (C=O) groups excluding carboxylic acids is 1. The van der Waals surface area contributed by atoms with E-state index in [9.17, 15) is 4.79 Å². The summed E-state index contributed by atoms with van der Waals surface area (Å²) in [6.07, 6.45) is 0. The summed E-state index contributed by atoms with van der Waals surface area (Å²) >= 11 is 7.08. The molecule has 0 saturated heterocycles. The van der Waals surface area contributed by atoms with Crippen molar-refractivity contribution in [1.29, 1.82) is 0 Å². The fourth-order valence-electron chi connectivity index (χ4n) is 2.26. The van der Waals surface area contributed by atoms with Crippen molar-refractivity contribution in [3.8, 4) is 22.9 Å².